The summed E-state index contributed by atoms with van der Waals surface area (Å²) in [6, 6.07) is 9.36. The summed E-state index contributed by atoms with van der Waals surface area (Å²) in [6.07, 6.45) is 0.350. The minimum absolute atomic E-state index is 0. The van der Waals surface area contributed by atoms with Crippen LogP contribution in [0.2, 0.25) is 0 Å². The zero-order chi connectivity index (χ0) is 9.90. The summed E-state index contributed by atoms with van der Waals surface area (Å²) in [5.74, 6) is -0.976. The fraction of sp³-hybridized carbons (Fsp3) is 0.300. The minimum atomic E-state index is -1.18. The first-order valence-electron chi connectivity index (χ1n) is 4.08. The maximum atomic E-state index is 10.7. The van der Waals surface area contributed by atoms with Crippen LogP contribution in [0.15, 0.2) is 30.3 Å². The van der Waals surface area contributed by atoms with Gasteiger partial charge < -0.3 is 16.3 Å². The molecule has 78 valence electrons. The number of carboxylic acid groups (broad SMARTS) is 1. The molecule has 1 aromatic rings. The van der Waals surface area contributed by atoms with Crippen LogP contribution in [0.3, 0.4) is 0 Å². The Kier molecular flexibility index (Phi) is 4.27. The largest absolute Gasteiger partial charge is 0.480 e. The lowest BCUT2D eigenvalue weighted by atomic mass is 9.94. The summed E-state index contributed by atoms with van der Waals surface area (Å²) in [5.41, 5.74) is 5.35. The molecule has 0 saturated carbocycles. The zero-order valence-corrected chi connectivity index (χ0v) is 8.03. The summed E-state index contributed by atoms with van der Waals surface area (Å²) in [5, 5.41) is 8.78. The van der Waals surface area contributed by atoms with Crippen molar-refractivity contribution in [3.8, 4) is 0 Å². The Hall–Kier alpha value is -1.39. The smallest absolute Gasteiger partial charge is 0.323 e. The predicted molar refractivity (Wildman–Crippen MR) is 54.0 cm³/mol. The highest BCUT2D eigenvalue weighted by Gasteiger charge is 2.27. The maximum Gasteiger partial charge on any atom is 0.323 e. The fourth-order valence-corrected chi connectivity index (χ4v) is 1.10. The van der Waals surface area contributed by atoms with Gasteiger partial charge in [0, 0.05) is 6.42 Å². The van der Waals surface area contributed by atoms with Gasteiger partial charge in [0.15, 0.2) is 0 Å². The van der Waals surface area contributed by atoms with Crippen LogP contribution in [0.4, 0.5) is 0 Å². The molecule has 0 aliphatic rings. The second kappa shape index (κ2) is 4.74. The van der Waals surface area contributed by atoms with Crippen LogP contribution in [0.25, 0.3) is 0 Å². The molecule has 1 atom stereocenters. The number of benzene rings is 1. The van der Waals surface area contributed by atoms with Gasteiger partial charge in [-0.3, -0.25) is 4.79 Å². The van der Waals surface area contributed by atoms with E-state index in [0.29, 0.717) is 6.42 Å². The highest BCUT2D eigenvalue weighted by atomic mass is 16.4. The average Bonchev–Trinajstić information content (AvgIpc) is 2.05. The molecule has 4 nitrogen and oxygen atoms in total. The lowest BCUT2D eigenvalue weighted by Crippen LogP contribution is -2.46. The molecule has 1 aromatic carbocycles. The molecule has 5 N–H and O–H groups in total. The number of hydrogen-bond acceptors (Lipinski definition) is 2. The zero-order valence-electron chi connectivity index (χ0n) is 8.03. The van der Waals surface area contributed by atoms with E-state index in [1.54, 1.807) is 0 Å². The second-order valence-electron chi connectivity index (χ2n) is 3.38. The number of hydrogen-bond donors (Lipinski definition) is 2. The Morgan fingerprint density at radius 2 is 1.93 bits per heavy atom. The van der Waals surface area contributed by atoms with E-state index in [1.807, 2.05) is 30.3 Å². The van der Waals surface area contributed by atoms with Crippen LogP contribution in [-0.4, -0.2) is 22.1 Å². The molecule has 0 aliphatic carbocycles. The monoisotopic (exact) mass is 197 g/mol. The molecular weight excluding hydrogens is 182 g/mol. The topological polar surface area (TPSA) is 94.8 Å². The number of carboxylic acids is 1. The maximum absolute atomic E-state index is 10.7. The molecule has 0 radical (unpaired) electrons. The molecule has 1 unspecified atom stereocenters. The van der Waals surface area contributed by atoms with E-state index in [9.17, 15) is 4.79 Å². The van der Waals surface area contributed by atoms with Crippen LogP contribution in [-0.2, 0) is 11.2 Å². The number of aliphatic carboxylic acids is 1. The molecular formula is C10H15NO3. The van der Waals surface area contributed by atoms with Crippen molar-refractivity contribution in [3.63, 3.8) is 0 Å². The van der Waals surface area contributed by atoms with Crippen molar-refractivity contribution >= 4 is 5.97 Å². The van der Waals surface area contributed by atoms with Gasteiger partial charge in [0.25, 0.3) is 0 Å². The molecule has 0 bridgehead atoms. The van der Waals surface area contributed by atoms with Gasteiger partial charge in [-0.05, 0) is 12.5 Å². The molecule has 0 heterocycles. The summed E-state index contributed by atoms with van der Waals surface area (Å²) >= 11 is 0. The fourth-order valence-electron chi connectivity index (χ4n) is 1.10. The predicted octanol–water partition coefficient (Wildman–Crippen LogP) is 0.206. The third-order valence-electron chi connectivity index (χ3n) is 1.90. The van der Waals surface area contributed by atoms with E-state index in [4.69, 9.17) is 10.8 Å². The summed E-state index contributed by atoms with van der Waals surface area (Å²) in [6.45, 7) is 1.52. The average molecular weight is 197 g/mol. The highest BCUT2D eigenvalue weighted by Crippen LogP contribution is 2.10. The molecule has 0 spiro atoms. The van der Waals surface area contributed by atoms with E-state index in [2.05, 4.69) is 0 Å². The van der Waals surface area contributed by atoms with Crippen LogP contribution < -0.4 is 5.73 Å². The molecule has 1 rings (SSSR count). The molecule has 0 saturated heterocycles. The molecule has 0 fully saturated rings. The number of carbonyl (C=O) groups is 1. The molecule has 4 heteroatoms. The van der Waals surface area contributed by atoms with E-state index in [-0.39, 0.29) is 5.48 Å². The van der Waals surface area contributed by atoms with E-state index in [0.717, 1.165) is 5.56 Å². The molecule has 14 heavy (non-hydrogen) atoms. The number of rotatable bonds is 3. The molecule has 0 amide bonds. The van der Waals surface area contributed by atoms with Crippen LogP contribution in [0, 0.1) is 0 Å². The van der Waals surface area contributed by atoms with Gasteiger partial charge >= 0.3 is 5.97 Å². The molecule has 0 aliphatic heterocycles. The SMILES string of the molecule is CC(N)(Cc1ccccc1)C(=O)O.O. The third-order valence-corrected chi connectivity index (χ3v) is 1.90. The summed E-state index contributed by atoms with van der Waals surface area (Å²) in [4.78, 5) is 10.7. The highest BCUT2D eigenvalue weighted by molar-refractivity contribution is 5.78. The van der Waals surface area contributed by atoms with Gasteiger partial charge in [-0.25, -0.2) is 0 Å². The van der Waals surface area contributed by atoms with Gasteiger partial charge in [-0.15, -0.1) is 0 Å². The van der Waals surface area contributed by atoms with E-state index >= 15 is 0 Å². The Morgan fingerprint density at radius 1 is 1.43 bits per heavy atom. The van der Waals surface area contributed by atoms with Crippen molar-refractivity contribution in [2.24, 2.45) is 5.73 Å². The quantitative estimate of drug-likeness (QED) is 0.724. The van der Waals surface area contributed by atoms with Crippen molar-refractivity contribution in [2.75, 3.05) is 0 Å². The van der Waals surface area contributed by atoms with Crippen molar-refractivity contribution in [1.82, 2.24) is 0 Å². The Balaban J connectivity index is 0.00000169. The normalized spacial score (nSPS) is 13.9. The first-order valence-corrected chi connectivity index (χ1v) is 4.08. The lowest BCUT2D eigenvalue weighted by Gasteiger charge is -2.18. The Labute approximate surface area is 82.7 Å². The van der Waals surface area contributed by atoms with Gasteiger partial charge in [0.05, 0.1) is 0 Å². The van der Waals surface area contributed by atoms with Gasteiger partial charge in [-0.2, -0.15) is 0 Å². The van der Waals surface area contributed by atoms with Gasteiger partial charge in [-0.1, -0.05) is 30.3 Å². The van der Waals surface area contributed by atoms with Crippen LogP contribution >= 0.6 is 0 Å². The number of nitrogens with two attached hydrogens (primary N) is 1. The van der Waals surface area contributed by atoms with Crippen LogP contribution in [0.5, 0.6) is 0 Å². The van der Waals surface area contributed by atoms with Gasteiger partial charge in [0.1, 0.15) is 5.54 Å². The Bertz CT molecular complexity index is 295. The minimum Gasteiger partial charge on any atom is -0.480 e. The molecule has 0 aromatic heterocycles. The Morgan fingerprint density at radius 3 is 2.36 bits per heavy atom. The third kappa shape index (κ3) is 3.16. The first-order chi connectivity index (χ1) is 6.02. The van der Waals surface area contributed by atoms with Gasteiger partial charge in [0.2, 0.25) is 0 Å². The van der Waals surface area contributed by atoms with Crippen molar-refractivity contribution in [1.29, 1.82) is 0 Å². The lowest BCUT2D eigenvalue weighted by molar-refractivity contribution is -0.142. The first kappa shape index (κ1) is 12.6. The van der Waals surface area contributed by atoms with Crippen molar-refractivity contribution in [3.05, 3.63) is 35.9 Å². The van der Waals surface area contributed by atoms with Crippen LogP contribution in [0.1, 0.15) is 12.5 Å². The van der Waals surface area contributed by atoms with E-state index < -0.39 is 11.5 Å². The van der Waals surface area contributed by atoms with Crippen molar-refractivity contribution in [2.45, 2.75) is 18.9 Å². The summed E-state index contributed by atoms with van der Waals surface area (Å²) < 4.78 is 0. The van der Waals surface area contributed by atoms with E-state index in [1.165, 1.54) is 6.92 Å². The second-order valence-corrected chi connectivity index (χ2v) is 3.38. The summed E-state index contributed by atoms with van der Waals surface area (Å²) in [7, 11) is 0. The van der Waals surface area contributed by atoms with Crippen molar-refractivity contribution < 1.29 is 15.4 Å². The standard InChI is InChI=1S/C10H13NO2.H2O/c1-10(11,9(12)13)7-8-5-3-2-4-6-8;/h2-6H,7,11H2,1H3,(H,12,13);1H2.